The molecule has 6 nitrogen and oxygen atoms in total. The first-order chi connectivity index (χ1) is 12.9. The zero-order chi connectivity index (χ0) is 19.9. The van der Waals surface area contributed by atoms with Crippen molar-refractivity contribution in [2.45, 2.75) is 11.8 Å². The molecule has 0 saturated heterocycles. The molecule has 1 N–H and O–H groups in total. The second-order valence-electron chi connectivity index (χ2n) is 5.23. The van der Waals surface area contributed by atoms with Crippen LogP contribution in [0.25, 0.3) is 5.57 Å². The van der Waals surface area contributed by atoms with E-state index in [1.807, 2.05) is 0 Å². The standard InChI is InChI=1S/C20H17N3O3S/c1-4-7-8-16(6-3)19-13-15-23(22-19)27(25,26)18-11-9-17(10-12-18)20(24)21-14-5-2/h1-2,6-13,15H,14H2,3H3,(H,21,24)/b8-7-,16-6+. The van der Waals surface area contributed by atoms with Crippen LogP contribution in [0.1, 0.15) is 23.0 Å². The van der Waals surface area contributed by atoms with Gasteiger partial charge in [0.05, 0.1) is 17.1 Å². The molecule has 1 heterocycles. The number of hydrogen-bond acceptors (Lipinski definition) is 4. The van der Waals surface area contributed by atoms with Crippen LogP contribution < -0.4 is 5.32 Å². The second kappa shape index (κ2) is 8.70. The van der Waals surface area contributed by atoms with Crippen molar-refractivity contribution in [3.8, 4) is 24.7 Å². The quantitative estimate of drug-likeness (QED) is 0.615. The van der Waals surface area contributed by atoms with Gasteiger partial charge in [0.2, 0.25) is 0 Å². The maximum absolute atomic E-state index is 12.7. The summed E-state index contributed by atoms with van der Waals surface area (Å²) < 4.78 is 26.3. The Bertz CT molecular complexity index is 1080. The maximum atomic E-state index is 12.7. The van der Waals surface area contributed by atoms with Gasteiger partial charge in [0.25, 0.3) is 15.9 Å². The van der Waals surface area contributed by atoms with E-state index in [0.29, 0.717) is 16.8 Å². The van der Waals surface area contributed by atoms with E-state index in [2.05, 4.69) is 22.3 Å². The summed E-state index contributed by atoms with van der Waals surface area (Å²) in [5.41, 5.74) is 1.47. The molecule has 0 unspecified atom stereocenters. The molecule has 0 atom stereocenters. The fraction of sp³-hybridized carbons (Fsp3) is 0.100. The van der Waals surface area contributed by atoms with Crippen LogP contribution in [0.5, 0.6) is 0 Å². The number of aromatic nitrogens is 2. The van der Waals surface area contributed by atoms with E-state index in [1.54, 1.807) is 25.1 Å². The van der Waals surface area contributed by atoms with Crippen molar-refractivity contribution in [3.63, 3.8) is 0 Å². The molecule has 1 aromatic carbocycles. The molecule has 0 radical (unpaired) electrons. The Morgan fingerprint density at radius 2 is 1.96 bits per heavy atom. The van der Waals surface area contributed by atoms with Crippen LogP contribution in [-0.4, -0.2) is 30.1 Å². The molecule has 0 aliphatic rings. The molecular formula is C20H17N3O3S. The third kappa shape index (κ3) is 4.55. The minimum absolute atomic E-state index is 0.00634. The monoisotopic (exact) mass is 379 g/mol. The van der Waals surface area contributed by atoms with Crippen molar-refractivity contribution >= 4 is 21.5 Å². The highest BCUT2D eigenvalue weighted by Crippen LogP contribution is 2.18. The summed E-state index contributed by atoms with van der Waals surface area (Å²) >= 11 is 0. The molecule has 1 aromatic heterocycles. The van der Waals surface area contributed by atoms with Crippen molar-refractivity contribution in [3.05, 3.63) is 66.0 Å². The minimum atomic E-state index is -3.89. The summed E-state index contributed by atoms with van der Waals surface area (Å²) in [5.74, 6) is 4.29. The van der Waals surface area contributed by atoms with E-state index >= 15 is 0 Å². The van der Waals surface area contributed by atoms with Gasteiger partial charge in [-0.15, -0.1) is 12.8 Å². The van der Waals surface area contributed by atoms with Gasteiger partial charge in [-0.2, -0.15) is 17.6 Å². The lowest BCUT2D eigenvalue weighted by Gasteiger charge is -2.06. The Morgan fingerprint density at radius 1 is 1.26 bits per heavy atom. The summed E-state index contributed by atoms with van der Waals surface area (Å²) in [6.07, 6.45) is 16.6. The van der Waals surface area contributed by atoms with E-state index in [-0.39, 0.29) is 17.3 Å². The topological polar surface area (TPSA) is 81.1 Å². The average molecular weight is 379 g/mol. The van der Waals surface area contributed by atoms with Crippen molar-refractivity contribution in [1.29, 1.82) is 0 Å². The smallest absolute Gasteiger partial charge is 0.282 e. The summed E-state index contributed by atoms with van der Waals surface area (Å²) in [6.45, 7) is 1.89. The highest BCUT2D eigenvalue weighted by Gasteiger charge is 2.19. The van der Waals surface area contributed by atoms with Crippen molar-refractivity contribution < 1.29 is 13.2 Å². The lowest BCUT2D eigenvalue weighted by Crippen LogP contribution is -2.23. The predicted octanol–water partition coefficient (Wildman–Crippen LogP) is 2.08. The number of hydrogen-bond donors (Lipinski definition) is 1. The van der Waals surface area contributed by atoms with Gasteiger partial charge in [-0.3, -0.25) is 4.79 Å². The van der Waals surface area contributed by atoms with E-state index < -0.39 is 10.0 Å². The SMILES string of the molecule is C#C/C=C\C(=C/C)c1ccn(S(=O)(=O)c2ccc(C(=O)NCC#C)cc2)n1. The van der Waals surface area contributed by atoms with E-state index in [0.717, 1.165) is 4.09 Å². The van der Waals surface area contributed by atoms with Gasteiger partial charge in [-0.25, -0.2) is 0 Å². The number of nitrogens with zero attached hydrogens (tertiary/aromatic N) is 2. The van der Waals surface area contributed by atoms with Crippen molar-refractivity contribution in [2.75, 3.05) is 6.54 Å². The molecule has 2 rings (SSSR count). The fourth-order valence-electron chi connectivity index (χ4n) is 2.18. The third-order valence-electron chi connectivity index (χ3n) is 3.54. The Balaban J connectivity index is 2.29. The van der Waals surface area contributed by atoms with Gasteiger partial charge in [-0.1, -0.05) is 17.9 Å². The van der Waals surface area contributed by atoms with Crippen LogP contribution in [0, 0.1) is 24.7 Å². The number of carbonyl (C=O) groups is 1. The average Bonchev–Trinajstić information content (AvgIpc) is 3.17. The molecule has 27 heavy (non-hydrogen) atoms. The van der Waals surface area contributed by atoms with Gasteiger partial charge in [0.15, 0.2) is 0 Å². The van der Waals surface area contributed by atoms with Crippen LogP contribution in [0.4, 0.5) is 0 Å². The first-order valence-corrected chi connectivity index (χ1v) is 9.30. The molecule has 7 heteroatoms. The van der Waals surface area contributed by atoms with Crippen LogP contribution >= 0.6 is 0 Å². The third-order valence-corrected chi connectivity index (χ3v) is 5.11. The number of benzene rings is 1. The number of carbonyl (C=O) groups excluding carboxylic acids is 1. The summed E-state index contributed by atoms with van der Waals surface area (Å²) in [4.78, 5) is 11.8. The number of nitrogens with one attached hydrogen (secondary N) is 1. The Labute approximate surface area is 158 Å². The normalized spacial score (nSPS) is 11.7. The minimum Gasteiger partial charge on any atom is -0.341 e. The Kier molecular flexibility index (Phi) is 6.37. The summed E-state index contributed by atoms with van der Waals surface area (Å²) in [7, 11) is -3.89. The van der Waals surface area contributed by atoms with E-state index in [4.69, 9.17) is 12.8 Å². The molecular weight excluding hydrogens is 362 g/mol. The first-order valence-electron chi connectivity index (χ1n) is 7.86. The number of rotatable bonds is 6. The lowest BCUT2D eigenvalue weighted by atomic mass is 10.2. The molecule has 0 aliphatic heterocycles. The maximum Gasteiger partial charge on any atom is 0.282 e. The van der Waals surface area contributed by atoms with E-state index in [9.17, 15) is 13.2 Å². The van der Waals surface area contributed by atoms with Crippen molar-refractivity contribution in [1.82, 2.24) is 14.5 Å². The molecule has 0 bridgehead atoms. The van der Waals surface area contributed by atoms with Gasteiger partial charge < -0.3 is 5.32 Å². The molecule has 0 aliphatic carbocycles. The Morgan fingerprint density at radius 3 is 2.56 bits per heavy atom. The summed E-state index contributed by atoms with van der Waals surface area (Å²) in [5, 5.41) is 6.63. The summed E-state index contributed by atoms with van der Waals surface area (Å²) in [6, 6.07) is 7.09. The predicted molar refractivity (Wildman–Crippen MR) is 104 cm³/mol. The van der Waals surface area contributed by atoms with Gasteiger partial charge in [0, 0.05) is 11.8 Å². The molecule has 0 saturated carbocycles. The zero-order valence-corrected chi connectivity index (χ0v) is 15.4. The molecule has 0 fully saturated rings. The van der Waals surface area contributed by atoms with Crippen LogP contribution in [0.2, 0.25) is 0 Å². The van der Waals surface area contributed by atoms with Gasteiger partial charge in [-0.05, 0) is 55.0 Å². The number of terminal acetylenes is 2. The van der Waals surface area contributed by atoms with Gasteiger partial charge >= 0.3 is 0 Å². The first kappa shape index (κ1) is 19.8. The zero-order valence-electron chi connectivity index (χ0n) is 14.6. The Hall–Kier alpha value is -3.55. The van der Waals surface area contributed by atoms with Crippen LogP contribution in [0.3, 0.4) is 0 Å². The van der Waals surface area contributed by atoms with Crippen LogP contribution in [0.15, 0.2) is 59.7 Å². The molecule has 2 aromatic rings. The van der Waals surface area contributed by atoms with Gasteiger partial charge in [0.1, 0.15) is 0 Å². The molecule has 0 spiro atoms. The molecule has 136 valence electrons. The highest BCUT2D eigenvalue weighted by atomic mass is 32.2. The fourth-order valence-corrected chi connectivity index (χ4v) is 3.29. The van der Waals surface area contributed by atoms with Crippen LogP contribution in [-0.2, 0) is 10.0 Å². The number of amides is 1. The molecule has 1 amide bonds. The lowest BCUT2D eigenvalue weighted by molar-refractivity contribution is 0.0958. The second-order valence-corrected chi connectivity index (χ2v) is 7.03. The largest absolute Gasteiger partial charge is 0.341 e. The van der Waals surface area contributed by atoms with Crippen molar-refractivity contribution in [2.24, 2.45) is 0 Å². The number of allylic oxidation sites excluding steroid dienone is 4. The van der Waals surface area contributed by atoms with E-state index in [1.165, 1.54) is 36.5 Å². The highest BCUT2D eigenvalue weighted by molar-refractivity contribution is 7.89.